The summed E-state index contributed by atoms with van der Waals surface area (Å²) in [7, 11) is 0. The summed E-state index contributed by atoms with van der Waals surface area (Å²) in [5.74, 6) is 0. The van der Waals surface area contributed by atoms with Gasteiger partial charge in [0.15, 0.2) is 0 Å². The third kappa shape index (κ3) is 7.16. The second-order valence-electron chi connectivity index (χ2n) is 2.36. The second kappa shape index (κ2) is 7.38. The zero-order valence-electron chi connectivity index (χ0n) is 7.47. The van der Waals surface area contributed by atoms with Crippen molar-refractivity contribution in [1.82, 2.24) is 0 Å². The van der Waals surface area contributed by atoms with E-state index in [4.69, 9.17) is 10.5 Å². The maximum atomic E-state index is 5.39. The number of rotatable bonds is 5. The minimum atomic E-state index is 0.323. The predicted molar refractivity (Wildman–Crippen MR) is 47.6 cm³/mol. The van der Waals surface area contributed by atoms with Gasteiger partial charge in [-0.3, -0.25) is 0 Å². The van der Waals surface area contributed by atoms with E-state index in [1.807, 2.05) is 6.92 Å². The Bertz CT molecular complexity index is 113. The smallest absolute Gasteiger partial charge is 0.281 e. The summed E-state index contributed by atoms with van der Waals surface area (Å²) >= 11 is 0. The van der Waals surface area contributed by atoms with Gasteiger partial charge in [0, 0.05) is 6.54 Å². The summed E-state index contributed by atoms with van der Waals surface area (Å²) in [6.45, 7) is 5.45. The molecule has 0 spiro atoms. The quantitative estimate of drug-likeness (QED) is 0.374. The molecule has 0 aliphatic heterocycles. The molecule has 2 N–H and O–H groups in total. The van der Waals surface area contributed by atoms with E-state index in [1.54, 1.807) is 0 Å². The first-order valence-electron chi connectivity index (χ1n) is 4.24. The summed E-state index contributed by atoms with van der Waals surface area (Å²) in [5.41, 5.74) is 5.39. The predicted octanol–water partition coefficient (Wildman–Crippen LogP) is 1.53. The van der Waals surface area contributed by atoms with Gasteiger partial charge in [-0.05, 0) is 13.3 Å². The van der Waals surface area contributed by atoms with Gasteiger partial charge in [0.05, 0.1) is 6.61 Å². The Morgan fingerprint density at radius 3 is 2.64 bits per heavy atom. The lowest BCUT2D eigenvalue weighted by Crippen LogP contribution is -2.16. The third-order valence-electron chi connectivity index (χ3n) is 1.32. The average molecular weight is 158 g/mol. The van der Waals surface area contributed by atoms with Crippen LogP contribution in [0.5, 0.6) is 0 Å². The van der Waals surface area contributed by atoms with Crippen molar-refractivity contribution in [1.29, 1.82) is 0 Å². The molecule has 0 aromatic heterocycles. The molecule has 0 fully saturated rings. The zero-order valence-corrected chi connectivity index (χ0v) is 7.47. The number of aliphatic imine (C=N–C) groups is 1. The van der Waals surface area contributed by atoms with Crippen LogP contribution in [0.25, 0.3) is 0 Å². The summed E-state index contributed by atoms with van der Waals surface area (Å²) in [5, 5.41) is 0. The molecule has 0 saturated heterocycles. The van der Waals surface area contributed by atoms with Gasteiger partial charge in [-0.1, -0.05) is 19.8 Å². The fourth-order valence-corrected chi connectivity index (χ4v) is 0.745. The van der Waals surface area contributed by atoms with Crippen molar-refractivity contribution in [2.75, 3.05) is 13.2 Å². The van der Waals surface area contributed by atoms with E-state index in [2.05, 4.69) is 11.9 Å². The van der Waals surface area contributed by atoms with E-state index in [9.17, 15) is 0 Å². The first-order chi connectivity index (χ1) is 5.31. The van der Waals surface area contributed by atoms with Gasteiger partial charge in [0.25, 0.3) is 6.02 Å². The highest BCUT2D eigenvalue weighted by atomic mass is 16.5. The topological polar surface area (TPSA) is 47.6 Å². The van der Waals surface area contributed by atoms with E-state index >= 15 is 0 Å². The van der Waals surface area contributed by atoms with Crippen LogP contribution < -0.4 is 5.73 Å². The fourth-order valence-electron chi connectivity index (χ4n) is 0.745. The van der Waals surface area contributed by atoms with Gasteiger partial charge in [0.2, 0.25) is 0 Å². The Labute approximate surface area is 68.6 Å². The van der Waals surface area contributed by atoms with Crippen molar-refractivity contribution in [3.8, 4) is 0 Å². The van der Waals surface area contributed by atoms with Crippen LogP contribution in [0.15, 0.2) is 4.99 Å². The van der Waals surface area contributed by atoms with E-state index in [-0.39, 0.29) is 0 Å². The minimum Gasteiger partial charge on any atom is -0.466 e. The molecular formula is C8H18N2O. The zero-order chi connectivity index (χ0) is 8.53. The maximum Gasteiger partial charge on any atom is 0.281 e. The van der Waals surface area contributed by atoms with Crippen LogP contribution in [0, 0.1) is 0 Å². The number of amidine groups is 1. The summed E-state index contributed by atoms with van der Waals surface area (Å²) in [4.78, 5) is 4.02. The monoisotopic (exact) mass is 158 g/mol. The molecule has 11 heavy (non-hydrogen) atoms. The Balaban J connectivity index is 3.24. The largest absolute Gasteiger partial charge is 0.466 e. The lowest BCUT2D eigenvalue weighted by Gasteiger charge is -1.99. The molecule has 66 valence electrons. The molecule has 0 aromatic rings. The maximum absolute atomic E-state index is 5.39. The molecule has 0 heterocycles. The molecule has 3 nitrogen and oxygen atoms in total. The summed E-state index contributed by atoms with van der Waals surface area (Å²) in [6.07, 6.45) is 3.53. The van der Waals surface area contributed by atoms with Crippen molar-refractivity contribution in [2.45, 2.75) is 33.1 Å². The van der Waals surface area contributed by atoms with Gasteiger partial charge in [-0.15, -0.1) is 0 Å². The number of nitrogens with zero attached hydrogens (tertiary/aromatic N) is 1. The molecule has 0 saturated carbocycles. The first-order valence-corrected chi connectivity index (χ1v) is 4.24. The molecule has 0 aliphatic rings. The number of hydrogen-bond acceptors (Lipinski definition) is 2. The van der Waals surface area contributed by atoms with Gasteiger partial charge in [0.1, 0.15) is 0 Å². The van der Waals surface area contributed by atoms with Crippen molar-refractivity contribution >= 4 is 6.02 Å². The molecule has 0 bridgehead atoms. The summed E-state index contributed by atoms with van der Waals surface area (Å²) < 4.78 is 4.95. The van der Waals surface area contributed by atoms with E-state index in [0.717, 1.165) is 13.0 Å². The van der Waals surface area contributed by atoms with Crippen LogP contribution in [0.3, 0.4) is 0 Å². The fraction of sp³-hybridized carbons (Fsp3) is 0.875. The van der Waals surface area contributed by atoms with Crippen LogP contribution in [0.4, 0.5) is 0 Å². The van der Waals surface area contributed by atoms with Gasteiger partial charge < -0.3 is 10.5 Å². The second-order valence-corrected chi connectivity index (χ2v) is 2.36. The Kier molecular flexibility index (Phi) is 6.89. The van der Waals surface area contributed by atoms with E-state index in [1.165, 1.54) is 12.8 Å². The van der Waals surface area contributed by atoms with Crippen LogP contribution in [0.2, 0.25) is 0 Å². The van der Waals surface area contributed by atoms with Crippen LogP contribution >= 0.6 is 0 Å². The lowest BCUT2D eigenvalue weighted by molar-refractivity contribution is 0.320. The molecule has 0 aliphatic carbocycles. The van der Waals surface area contributed by atoms with Crippen LogP contribution in [-0.4, -0.2) is 19.2 Å². The highest BCUT2D eigenvalue weighted by Crippen LogP contribution is 1.93. The summed E-state index contributed by atoms with van der Waals surface area (Å²) in [6, 6.07) is 0.323. The Morgan fingerprint density at radius 2 is 2.09 bits per heavy atom. The normalized spacial score (nSPS) is 11.6. The van der Waals surface area contributed by atoms with Crippen molar-refractivity contribution in [3.05, 3.63) is 0 Å². The van der Waals surface area contributed by atoms with Crippen molar-refractivity contribution < 1.29 is 4.74 Å². The molecule has 3 heteroatoms. The lowest BCUT2D eigenvalue weighted by atomic mass is 10.2. The van der Waals surface area contributed by atoms with Crippen LogP contribution in [-0.2, 0) is 4.74 Å². The molecule has 0 unspecified atom stereocenters. The Hall–Kier alpha value is -0.730. The number of ether oxygens (including phenoxy) is 1. The Morgan fingerprint density at radius 1 is 1.36 bits per heavy atom. The highest BCUT2D eigenvalue weighted by molar-refractivity contribution is 5.71. The third-order valence-corrected chi connectivity index (χ3v) is 1.32. The number of unbranched alkanes of at least 4 members (excludes halogenated alkanes) is 2. The van der Waals surface area contributed by atoms with Gasteiger partial charge in [-0.2, -0.15) is 0 Å². The van der Waals surface area contributed by atoms with Crippen molar-refractivity contribution in [3.63, 3.8) is 0 Å². The highest BCUT2D eigenvalue weighted by Gasteiger charge is 1.88. The molecule has 0 rings (SSSR count). The molecular weight excluding hydrogens is 140 g/mol. The first kappa shape index (κ1) is 10.3. The van der Waals surface area contributed by atoms with Gasteiger partial charge in [-0.25, -0.2) is 4.99 Å². The number of nitrogens with two attached hydrogens (primary N) is 1. The molecule has 0 amide bonds. The minimum absolute atomic E-state index is 0.323. The van der Waals surface area contributed by atoms with Gasteiger partial charge >= 0.3 is 0 Å². The molecule has 0 aromatic carbocycles. The van der Waals surface area contributed by atoms with Crippen molar-refractivity contribution in [2.24, 2.45) is 10.7 Å². The standard InChI is InChI=1S/C8H18N2O/c1-3-5-6-7-10-8(9)11-4-2/h3-7H2,1-2H3,(H2,9,10). The molecule has 0 atom stereocenters. The SMILES string of the molecule is CCCCCN=C(N)OCC. The average Bonchev–Trinajstić information content (AvgIpc) is 1.99. The molecule has 0 radical (unpaired) electrons. The van der Waals surface area contributed by atoms with Crippen LogP contribution in [0.1, 0.15) is 33.1 Å². The van der Waals surface area contributed by atoms with E-state index in [0.29, 0.717) is 12.6 Å². The van der Waals surface area contributed by atoms with E-state index < -0.39 is 0 Å². The number of hydrogen-bond donors (Lipinski definition) is 1.